The second kappa shape index (κ2) is 9.44. The Kier molecular flexibility index (Phi) is 7.28. The summed E-state index contributed by atoms with van der Waals surface area (Å²) in [5.74, 6) is -1.20. The normalized spacial score (nSPS) is 17.3. The first kappa shape index (κ1) is 20.1. The van der Waals surface area contributed by atoms with Gasteiger partial charge >= 0.3 is 5.97 Å². The van der Waals surface area contributed by atoms with Crippen molar-refractivity contribution < 1.29 is 19.1 Å². The maximum Gasteiger partial charge on any atom is 0.308 e. The van der Waals surface area contributed by atoms with E-state index in [2.05, 4.69) is 10.6 Å². The van der Waals surface area contributed by atoms with Crippen molar-refractivity contribution in [1.82, 2.24) is 15.5 Å². The van der Waals surface area contributed by atoms with E-state index in [-0.39, 0.29) is 23.5 Å². The topological polar surface area (TPSA) is 87.7 Å². The molecular formula is C17H21N3O4S2. The number of hydrogen-bond donors (Lipinski definition) is 2. The standard InChI is InChI=1S/C17H21N3O4S2/c1-11(2)24-15(22)10-13-16(23)18-7-8-20(13)17(25)19-14(21)6-5-12-4-3-9-26-12/h3-6,9,11,13H,7-8,10H2,1-2H3,(H,18,23)(H,19,21,25)/b6-5+/t13-/m0/s1. The zero-order valence-electron chi connectivity index (χ0n) is 14.6. The Morgan fingerprint density at radius 3 is 2.96 bits per heavy atom. The number of thiocarbonyl (C=S) groups is 1. The minimum absolute atomic E-state index is 0.114. The average Bonchev–Trinajstić information content (AvgIpc) is 3.07. The van der Waals surface area contributed by atoms with Crippen molar-refractivity contribution in [1.29, 1.82) is 0 Å². The van der Waals surface area contributed by atoms with Crippen LogP contribution in [0.2, 0.25) is 0 Å². The van der Waals surface area contributed by atoms with Crippen LogP contribution in [0.5, 0.6) is 0 Å². The van der Waals surface area contributed by atoms with E-state index in [1.807, 2.05) is 17.5 Å². The highest BCUT2D eigenvalue weighted by Gasteiger charge is 2.34. The predicted octanol–water partition coefficient (Wildman–Crippen LogP) is 1.30. The largest absolute Gasteiger partial charge is 0.463 e. The number of nitrogens with zero attached hydrogens (tertiary/aromatic N) is 1. The van der Waals surface area contributed by atoms with Gasteiger partial charge in [0.1, 0.15) is 6.04 Å². The van der Waals surface area contributed by atoms with E-state index in [1.54, 1.807) is 24.8 Å². The molecular weight excluding hydrogens is 374 g/mol. The molecule has 7 nitrogen and oxygen atoms in total. The molecule has 0 bridgehead atoms. The lowest BCUT2D eigenvalue weighted by atomic mass is 10.1. The van der Waals surface area contributed by atoms with Crippen molar-refractivity contribution in [2.75, 3.05) is 13.1 Å². The quantitative estimate of drug-likeness (QED) is 0.444. The zero-order chi connectivity index (χ0) is 19.1. The van der Waals surface area contributed by atoms with Gasteiger partial charge in [-0.05, 0) is 43.6 Å². The van der Waals surface area contributed by atoms with Gasteiger partial charge in [0, 0.05) is 24.0 Å². The Morgan fingerprint density at radius 2 is 2.31 bits per heavy atom. The second-order valence-electron chi connectivity index (χ2n) is 5.89. The first-order chi connectivity index (χ1) is 12.4. The van der Waals surface area contributed by atoms with Gasteiger partial charge in [0.05, 0.1) is 12.5 Å². The summed E-state index contributed by atoms with van der Waals surface area (Å²) in [6.07, 6.45) is 2.66. The third-order valence-corrected chi connectivity index (χ3v) is 4.67. The summed E-state index contributed by atoms with van der Waals surface area (Å²) in [5, 5.41) is 7.31. The van der Waals surface area contributed by atoms with Gasteiger partial charge in [-0.2, -0.15) is 0 Å². The van der Waals surface area contributed by atoms with Crippen LogP contribution in [0.25, 0.3) is 6.08 Å². The van der Waals surface area contributed by atoms with Crippen LogP contribution in [0.15, 0.2) is 23.6 Å². The molecule has 1 aromatic heterocycles. The monoisotopic (exact) mass is 395 g/mol. The van der Waals surface area contributed by atoms with Gasteiger partial charge in [0.2, 0.25) is 11.8 Å². The summed E-state index contributed by atoms with van der Waals surface area (Å²) in [7, 11) is 0. The molecule has 140 valence electrons. The molecule has 2 amide bonds. The van der Waals surface area contributed by atoms with Crippen LogP contribution in [-0.4, -0.2) is 53.0 Å². The summed E-state index contributed by atoms with van der Waals surface area (Å²) < 4.78 is 5.10. The number of amides is 2. The van der Waals surface area contributed by atoms with Gasteiger partial charge in [0.25, 0.3) is 0 Å². The molecule has 0 radical (unpaired) electrons. The van der Waals surface area contributed by atoms with Crippen LogP contribution in [0.4, 0.5) is 0 Å². The first-order valence-corrected chi connectivity index (χ1v) is 9.46. The molecule has 2 N–H and O–H groups in total. The zero-order valence-corrected chi connectivity index (χ0v) is 16.2. The van der Waals surface area contributed by atoms with E-state index in [0.29, 0.717) is 13.1 Å². The van der Waals surface area contributed by atoms with Crippen LogP contribution >= 0.6 is 23.6 Å². The lowest BCUT2D eigenvalue weighted by Crippen LogP contribution is -2.60. The van der Waals surface area contributed by atoms with E-state index in [4.69, 9.17) is 17.0 Å². The maximum atomic E-state index is 12.2. The van der Waals surface area contributed by atoms with E-state index in [0.717, 1.165) is 4.88 Å². The number of nitrogens with one attached hydrogen (secondary N) is 2. The van der Waals surface area contributed by atoms with Gasteiger partial charge in [-0.25, -0.2) is 0 Å². The molecule has 0 spiro atoms. The van der Waals surface area contributed by atoms with E-state index < -0.39 is 17.9 Å². The maximum absolute atomic E-state index is 12.2. The first-order valence-electron chi connectivity index (χ1n) is 8.17. The third-order valence-electron chi connectivity index (χ3n) is 3.49. The molecule has 2 heterocycles. The van der Waals surface area contributed by atoms with Gasteiger partial charge in [-0.3, -0.25) is 19.7 Å². The highest BCUT2D eigenvalue weighted by Crippen LogP contribution is 2.12. The smallest absolute Gasteiger partial charge is 0.308 e. The van der Waals surface area contributed by atoms with E-state index >= 15 is 0 Å². The van der Waals surface area contributed by atoms with Crippen molar-refractivity contribution in [3.05, 3.63) is 28.5 Å². The Morgan fingerprint density at radius 1 is 1.54 bits per heavy atom. The fourth-order valence-corrected chi connectivity index (χ4v) is 3.33. The number of esters is 1. The fraction of sp³-hybridized carbons (Fsp3) is 0.412. The van der Waals surface area contributed by atoms with Crippen LogP contribution in [0, 0.1) is 0 Å². The molecule has 1 aliphatic heterocycles. The highest BCUT2D eigenvalue weighted by atomic mass is 32.1. The molecule has 1 aliphatic rings. The number of ether oxygens (including phenoxy) is 1. The number of carbonyl (C=O) groups excluding carboxylic acids is 3. The summed E-state index contributed by atoms with van der Waals surface area (Å²) in [6, 6.07) is 2.97. The molecule has 0 aromatic carbocycles. The van der Waals surface area contributed by atoms with Crippen LogP contribution in [0.3, 0.4) is 0 Å². The Balaban J connectivity index is 1.98. The summed E-state index contributed by atoms with van der Waals surface area (Å²) in [6.45, 7) is 4.26. The number of rotatable bonds is 5. The average molecular weight is 396 g/mol. The molecule has 0 unspecified atom stereocenters. The summed E-state index contributed by atoms with van der Waals surface area (Å²) in [5.41, 5.74) is 0. The van der Waals surface area contributed by atoms with E-state index in [9.17, 15) is 14.4 Å². The number of hydrogen-bond acceptors (Lipinski definition) is 6. The van der Waals surface area contributed by atoms with Crippen molar-refractivity contribution >= 4 is 52.5 Å². The van der Waals surface area contributed by atoms with Crippen molar-refractivity contribution in [3.63, 3.8) is 0 Å². The highest BCUT2D eigenvalue weighted by molar-refractivity contribution is 7.80. The van der Waals surface area contributed by atoms with Crippen LogP contribution < -0.4 is 10.6 Å². The molecule has 0 aliphatic carbocycles. The molecule has 26 heavy (non-hydrogen) atoms. The second-order valence-corrected chi connectivity index (χ2v) is 7.25. The minimum atomic E-state index is -0.802. The third kappa shape index (κ3) is 5.92. The molecule has 1 aromatic rings. The molecule has 1 saturated heterocycles. The van der Waals surface area contributed by atoms with Gasteiger partial charge in [-0.15, -0.1) is 11.3 Å². The Bertz CT molecular complexity index is 701. The summed E-state index contributed by atoms with van der Waals surface area (Å²) >= 11 is 6.78. The number of piperazine rings is 1. The fourth-order valence-electron chi connectivity index (χ4n) is 2.39. The minimum Gasteiger partial charge on any atom is -0.463 e. The van der Waals surface area contributed by atoms with Crippen LogP contribution in [-0.2, 0) is 19.1 Å². The molecule has 9 heteroatoms. The van der Waals surface area contributed by atoms with Crippen LogP contribution in [0.1, 0.15) is 25.1 Å². The predicted molar refractivity (Wildman–Crippen MR) is 103 cm³/mol. The lowest BCUT2D eigenvalue weighted by molar-refractivity contribution is -0.150. The Hall–Kier alpha value is -2.26. The van der Waals surface area contributed by atoms with Gasteiger partial charge in [0.15, 0.2) is 5.11 Å². The lowest BCUT2D eigenvalue weighted by Gasteiger charge is -2.36. The van der Waals surface area contributed by atoms with Crippen molar-refractivity contribution in [2.24, 2.45) is 0 Å². The molecule has 1 atom stereocenters. The van der Waals surface area contributed by atoms with Crippen molar-refractivity contribution in [3.8, 4) is 0 Å². The molecule has 2 rings (SSSR count). The summed E-state index contributed by atoms with van der Waals surface area (Å²) in [4.78, 5) is 38.6. The SMILES string of the molecule is CC(C)OC(=O)C[C@H]1C(=O)NCCN1C(=S)NC(=O)/C=C/c1cccs1. The van der Waals surface area contributed by atoms with Gasteiger partial charge < -0.3 is 15.0 Å². The Labute approximate surface area is 161 Å². The number of carbonyl (C=O) groups is 3. The molecule has 0 saturated carbocycles. The van der Waals surface area contributed by atoms with Gasteiger partial charge in [-0.1, -0.05) is 6.07 Å². The number of thiophene rings is 1. The van der Waals surface area contributed by atoms with Crippen molar-refractivity contribution in [2.45, 2.75) is 32.4 Å². The van der Waals surface area contributed by atoms with E-state index in [1.165, 1.54) is 17.4 Å². The molecule has 1 fully saturated rings.